The number of amides is 1. The van der Waals surface area contributed by atoms with Gasteiger partial charge in [-0.15, -0.1) is 0 Å². The number of carbonyl (C=O) groups is 1. The number of sulfonamides is 1. The van der Waals surface area contributed by atoms with Crippen LogP contribution in [0.2, 0.25) is 0 Å². The Labute approximate surface area is 174 Å². The minimum atomic E-state index is -3.36. The van der Waals surface area contributed by atoms with E-state index in [1.54, 1.807) is 0 Å². The van der Waals surface area contributed by atoms with E-state index < -0.39 is 10.0 Å². The maximum Gasteiger partial charge on any atom is 0.223 e. The van der Waals surface area contributed by atoms with Crippen molar-refractivity contribution in [2.75, 3.05) is 19.6 Å². The summed E-state index contributed by atoms with van der Waals surface area (Å²) in [5.41, 5.74) is 3.06. The molecular weight excluding hydrogens is 384 g/mol. The first-order valence-electron chi connectivity index (χ1n) is 10.2. The molecule has 156 valence electrons. The third kappa shape index (κ3) is 5.90. The molecule has 1 atom stereocenters. The molecule has 1 fully saturated rings. The standard InChI is InChI=1S/C23H30N2O3S/c1-18-7-6-8-20(15-18)17-29(27,28)25-13-11-22(12-14-25)23(26)24-16-19(2)21-9-4-3-5-10-21/h3-10,15,19,22H,11-14,16-17H2,1-2H3,(H,24,26)/t19-/m0/s1. The first-order valence-corrected chi connectivity index (χ1v) is 11.8. The van der Waals surface area contributed by atoms with Crippen molar-refractivity contribution >= 4 is 15.9 Å². The zero-order chi connectivity index (χ0) is 20.9. The van der Waals surface area contributed by atoms with Crippen LogP contribution < -0.4 is 5.32 Å². The number of hydrogen-bond acceptors (Lipinski definition) is 3. The molecule has 29 heavy (non-hydrogen) atoms. The maximum atomic E-state index is 12.7. The van der Waals surface area contributed by atoms with Crippen molar-refractivity contribution in [2.45, 2.75) is 38.4 Å². The minimum absolute atomic E-state index is 0.0140. The molecule has 0 aromatic heterocycles. The van der Waals surface area contributed by atoms with Gasteiger partial charge >= 0.3 is 0 Å². The molecule has 0 aliphatic carbocycles. The number of carbonyl (C=O) groups excluding carboxylic acids is 1. The Morgan fingerprint density at radius 1 is 1.10 bits per heavy atom. The summed E-state index contributed by atoms with van der Waals surface area (Å²) in [7, 11) is -3.36. The second kappa shape index (κ2) is 9.55. The summed E-state index contributed by atoms with van der Waals surface area (Å²) in [5, 5.41) is 3.04. The number of piperidine rings is 1. The highest BCUT2D eigenvalue weighted by molar-refractivity contribution is 7.88. The first kappa shape index (κ1) is 21.5. The molecule has 1 amide bonds. The Balaban J connectivity index is 1.48. The quantitative estimate of drug-likeness (QED) is 0.755. The summed E-state index contributed by atoms with van der Waals surface area (Å²) in [5.74, 6) is 0.169. The van der Waals surface area contributed by atoms with Gasteiger partial charge in [0.15, 0.2) is 0 Å². The van der Waals surface area contributed by atoms with Crippen molar-refractivity contribution < 1.29 is 13.2 Å². The fraction of sp³-hybridized carbons (Fsp3) is 0.435. The summed E-state index contributed by atoms with van der Waals surface area (Å²) >= 11 is 0. The number of hydrogen-bond donors (Lipinski definition) is 1. The van der Waals surface area contributed by atoms with Crippen LogP contribution in [-0.2, 0) is 20.6 Å². The third-order valence-electron chi connectivity index (χ3n) is 5.60. The van der Waals surface area contributed by atoms with E-state index >= 15 is 0 Å². The van der Waals surface area contributed by atoms with Crippen LogP contribution in [0.4, 0.5) is 0 Å². The van der Waals surface area contributed by atoms with Crippen molar-refractivity contribution in [3.8, 4) is 0 Å². The van der Waals surface area contributed by atoms with Gasteiger partial charge in [-0.3, -0.25) is 4.79 Å². The molecule has 1 N–H and O–H groups in total. The molecule has 1 heterocycles. The molecular formula is C23H30N2O3S. The molecule has 6 heteroatoms. The van der Waals surface area contributed by atoms with Crippen LogP contribution in [0.25, 0.3) is 0 Å². The van der Waals surface area contributed by atoms with Gasteiger partial charge in [0.05, 0.1) is 5.75 Å². The van der Waals surface area contributed by atoms with Crippen molar-refractivity contribution in [3.05, 3.63) is 71.3 Å². The normalized spacial score (nSPS) is 17.0. The average molecular weight is 415 g/mol. The highest BCUT2D eigenvalue weighted by Crippen LogP contribution is 2.22. The molecule has 2 aromatic rings. The van der Waals surface area contributed by atoms with Crippen LogP contribution in [-0.4, -0.2) is 38.3 Å². The molecule has 1 aliphatic rings. The van der Waals surface area contributed by atoms with Gasteiger partial charge in [-0.2, -0.15) is 0 Å². The molecule has 2 aromatic carbocycles. The number of nitrogens with zero attached hydrogens (tertiary/aromatic N) is 1. The van der Waals surface area contributed by atoms with Crippen LogP contribution in [0, 0.1) is 12.8 Å². The molecule has 0 unspecified atom stereocenters. The van der Waals surface area contributed by atoms with Gasteiger partial charge in [-0.25, -0.2) is 12.7 Å². The highest BCUT2D eigenvalue weighted by atomic mass is 32.2. The van der Waals surface area contributed by atoms with Gasteiger partial charge in [-0.05, 0) is 36.8 Å². The molecule has 1 aliphatic heterocycles. The van der Waals surface area contributed by atoms with Crippen molar-refractivity contribution in [1.29, 1.82) is 0 Å². The fourth-order valence-electron chi connectivity index (χ4n) is 3.80. The minimum Gasteiger partial charge on any atom is -0.355 e. The Morgan fingerprint density at radius 3 is 2.45 bits per heavy atom. The zero-order valence-electron chi connectivity index (χ0n) is 17.2. The Bertz CT molecular complexity index is 920. The van der Waals surface area contributed by atoms with E-state index in [9.17, 15) is 13.2 Å². The lowest BCUT2D eigenvalue weighted by Gasteiger charge is -2.30. The predicted octanol–water partition coefficient (Wildman–Crippen LogP) is 3.46. The van der Waals surface area contributed by atoms with Crippen LogP contribution >= 0.6 is 0 Å². The van der Waals surface area contributed by atoms with Gasteiger partial charge in [0.2, 0.25) is 15.9 Å². The topological polar surface area (TPSA) is 66.5 Å². The highest BCUT2D eigenvalue weighted by Gasteiger charge is 2.31. The van der Waals surface area contributed by atoms with Crippen molar-refractivity contribution in [3.63, 3.8) is 0 Å². The van der Waals surface area contributed by atoms with Crippen molar-refractivity contribution in [2.24, 2.45) is 5.92 Å². The van der Waals surface area contributed by atoms with E-state index in [1.807, 2.05) is 49.4 Å². The van der Waals surface area contributed by atoms with Gasteiger partial charge in [0.25, 0.3) is 0 Å². The first-order chi connectivity index (χ1) is 13.8. The van der Waals surface area contributed by atoms with Gasteiger partial charge in [-0.1, -0.05) is 67.1 Å². The largest absolute Gasteiger partial charge is 0.355 e. The molecule has 1 saturated heterocycles. The van der Waals surface area contributed by atoms with E-state index in [-0.39, 0.29) is 23.5 Å². The van der Waals surface area contributed by atoms with E-state index in [0.717, 1.165) is 11.1 Å². The third-order valence-corrected chi connectivity index (χ3v) is 7.45. The summed E-state index contributed by atoms with van der Waals surface area (Å²) in [6, 6.07) is 17.7. The van der Waals surface area contributed by atoms with Crippen LogP contribution in [0.3, 0.4) is 0 Å². The SMILES string of the molecule is Cc1cccc(CS(=O)(=O)N2CCC(C(=O)NC[C@H](C)c3ccccc3)CC2)c1. The molecule has 0 saturated carbocycles. The summed E-state index contributed by atoms with van der Waals surface area (Å²) in [4.78, 5) is 12.5. The average Bonchev–Trinajstić information content (AvgIpc) is 2.72. The number of rotatable bonds is 7. The molecule has 0 radical (unpaired) electrons. The summed E-state index contributed by atoms with van der Waals surface area (Å²) < 4.78 is 27.0. The van der Waals surface area contributed by atoms with E-state index in [2.05, 4.69) is 24.4 Å². The number of aryl methyl sites for hydroxylation is 1. The number of benzene rings is 2. The Kier molecular flexibility index (Phi) is 7.09. The Hall–Kier alpha value is -2.18. The maximum absolute atomic E-state index is 12.7. The van der Waals surface area contributed by atoms with Crippen LogP contribution in [0.1, 0.15) is 42.4 Å². The summed E-state index contributed by atoms with van der Waals surface area (Å²) in [6.07, 6.45) is 1.14. The lowest BCUT2D eigenvalue weighted by molar-refractivity contribution is -0.126. The van der Waals surface area contributed by atoms with Gasteiger partial charge in [0.1, 0.15) is 0 Å². The smallest absolute Gasteiger partial charge is 0.223 e. The van der Waals surface area contributed by atoms with Crippen LogP contribution in [0.5, 0.6) is 0 Å². The lowest BCUT2D eigenvalue weighted by atomic mass is 9.96. The van der Waals surface area contributed by atoms with Gasteiger partial charge in [0, 0.05) is 25.6 Å². The monoisotopic (exact) mass is 414 g/mol. The fourth-order valence-corrected chi connectivity index (χ4v) is 5.35. The lowest BCUT2D eigenvalue weighted by Crippen LogP contribution is -2.43. The molecule has 0 spiro atoms. The number of nitrogens with one attached hydrogen (secondary N) is 1. The summed E-state index contributed by atoms with van der Waals surface area (Å²) in [6.45, 7) is 5.45. The van der Waals surface area contributed by atoms with E-state index in [0.29, 0.717) is 32.5 Å². The van der Waals surface area contributed by atoms with E-state index in [1.165, 1.54) is 9.87 Å². The zero-order valence-corrected chi connectivity index (χ0v) is 18.0. The van der Waals surface area contributed by atoms with Crippen molar-refractivity contribution in [1.82, 2.24) is 9.62 Å². The second-order valence-corrected chi connectivity index (χ2v) is 9.94. The predicted molar refractivity (Wildman–Crippen MR) is 116 cm³/mol. The second-order valence-electron chi connectivity index (χ2n) is 7.98. The van der Waals surface area contributed by atoms with Gasteiger partial charge < -0.3 is 5.32 Å². The Morgan fingerprint density at radius 2 is 1.79 bits per heavy atom. The van der Waals surface area contributed by atoms with E-state index in [4.69, 9.17) is 0 Å². The molecule has 5 nitrogen and oxygen atoms in total. The molecule has 3 rings (SSSR count). The molecule has 0 bridgehead atoms. The van der Waals surface area contributed by atoms with Crippen LogP contribution in [0.15, 0.2) is 54.6 Å².